The molecule has 1 amide bonds. The number of fused-ring (bicyclic) bond motifs is 1. The Balaban J connectivity index is 1.47. The van der Waals surface area contributed by atoms with Crippen molar-refractivity contribution in [3.8, 4) is 0 Å². The summed E-state index contributed by atoms with van der Waals surface area (Å²) in [4.78, 5) is 16.2. The zero-order valence-electron chi connectivity index (χ0n) is 12.2. The van der Waals surface area contributed by atoms with E-state index in [0.717, 1.165) is 30.2 Å². The number of aromatic nitrogens is 3. The molecule has 0 saturated carbocycles. The van der Waals surface area contributed by atoms with Crippen LogP contribution in [-0.2, 0) is 6.42 Å². The lowest BCUT2D eigenvalue weighted by atomic mass is 10.1. The average Bonchev–Trinajstić information content (AvgIpc) is 2.99. The average molecular weight is 294 g/mol. The Morgan fingerprint density at radius 3 is 2.77 bits per heavy atom. The maximum atomic E-state index is 12.2. The van der Waals surface area contributed by atoms with Crippen molar-refractivity contribution in [3.05, 3.63) is 60.0 Å². The van der Waals surface area contributed by atoms with Gasteiger partial charge >= 0.3 is 0 Å². The number of hydrogen-bond donors (Lipinski definition) is 2. The van der Waals surface area contributed by atoms with Crippen LogP contribution in [0.4, 0.5) is 0 Å². The molecule has 2 aromatic heterocycles. The molecule has 0 fully saturated rings. The minimum absolute atomic E-state index is 0.124. The number of hydrogen-bond acceptors (Lipinski definition) is 3. The largest absolute Gasteiger partial charge is 0.351 e. The third-order valence-corrected chi connectivity index (χ3v) is 3.61. The summed E-state index contributed by atoms with van der Waals surface area (Å²) in [6.07, 6.45) is 6.59. The number of nitrogens with zero attached hydrogens (tertiary/aromatic N) is 2. The van der Waals surface area contributed by atoms with E-state index in [0.29, 0.717) is 12.2 Å². The molecule has 0 aliphatic carbocycles. The SMILES string of the molecule is O=C(NCCCCc1ccncc1)c1n[nH]c2ccccc12. The van der Waals surface area contributed by atoms with Crippen LogP contribution in [0.25, 0.3) is 10.9 Å². The smallest absolute Gasteiger partial charge is 0.272 e. The highest BCUT2D eigenvalue weighted by molar-refractivity contribution is 6.04. The van der Waals surface area contributed by atoms with Gasteiger partial charge in [-0.2, -0.15) is 5.10 Å². The second kappa shape index (κ2) is 6.85. The summed E-state index contributed by atoms with van der Waals surface area (Å²) in [5, 5.41) is 10.8. The molecule has 5 nitrogen and oxygen atoms in total. The van der Waals surface area contributed by atoms with Gasteiger partial charge in [0.15, 0.2) is 5.69 Å². The van der Waals surface area contributed by atoms with E-state index in [9.17, 15) is 4.79 Å². The Bertz CT molecular complexity index is 751. The Hall–Kier alpha value is -2.69. The first-order valence-corrected chi connectivity index (χ1v) is 7.45. The summed E-state index contributed by atoms with van der Waals surface area (Å²) in [7, 11) is 0. The van der Waals surface area contributed by atoms with Gasteiger partial charge in [0.05, 0.1) is 5.52 Å². The minimum atomic E-state index is -0.124. The van der Waals surface area contributed by atoms with Gasteiger partial charge in [-0.25, -0.2) is 0 Å². The molecule has 0 saturated heterocycles. The lowest BCUT2D eigenvalue weighted by Gasteiger charge is -2.04. The van der Waals surface area contributed by atoms with Crippen molar-refractivity contribution in [1.29, 1.82) is 0 Å². The molecular weight excluding hydrogens is 276 g/mol. The summed E-state index contributed by atoms with van der Waals surface area (Å²) in [5.41, 5.74) is 2.62. The molecule has 3 rings (SSSR count). The van der Waals surface area contributed by atoms with Crippen LogP contribution in [0.5, 0.6) is 0 Å². The number of H-pyrrole nitrogens is 1. The molecule has 112 valence electrons. The van der Waals surface area contributed by atoms with Gasteiger partial charge < -0.3 is 5.32 Å². The number of amides is 1. The molecule has 3 aromatic rings. The highest BCUT2D eigenvalue weighted by Crippen LogP contribution is 2.14. The molecule has 0 radical (unpaired) electrons. The summed E-state index contributed by atoms with van der Waals surface area (Å²) in [5.74, 6) is -0.124. The van der Waals surface area contributed by atoms with Crippen LogP contribution in [0.15, 0.2) is 48.8 Å². The predicted molar refractivity (Wildman–Crippen MR) is 85.6 cm³/mol. The van der Waals surface area contributed by atoms with Crippen LogP contribution >= 0.6 is 0 Å². The van der Waals surface area contributed by atoms with E-state index in [1.165, 1.54) is 5.56 Å². The van der Waals surface area contributed by atoms with Gasteiger partial charge in [-0.1, -0.05) is 18.2 Å². The van der Waals surface area contributed by atoms with E-state index in [4.69, 9.17) is 0 Å². The fraction of sp³-hybridized carbons (Fsp3) is 0.235. The van der Waals surface area contributed by atoms with Gasteiger partial charge in [0.1, 0.15) is 0 Å². The first kappa shape index (κ1) is 14.3. The molecule has 0 aliphatic heterocycles. The lowest BCUT2D eigenvalue weighted by molar-refractivity contribution is 0.0949. The predicted octanol–water partition coefficient (Wildman–Crippen LogP) is 2.71. The van der Waals surface area contributed by atoms with E-state index < -0.39 is 0 Å². The first-order chi connectivity index (χ1) is 10.8. The molecule has 2 N–H and O–H groups in total. The number of aromatic amines is 1. The number of para-hydroxylation sites is 1. The number of carbonyl (C=O) groups is 1. The maximum Gasteiger partial charge on any atom is 0.272 e. The highest BCUT2D eigenvalue weighted by atomic mass is 16.1. The zero-order chi connectivity index (χ0) is 15.2. The topological polar surface area (TPSA) is 70.7 Å². The summed E-state index contributed by atoms with van der Waals surface area (Å²) >= 11 is 0. The Kier molecular flexibility index (Phi) is 4.44. The molecule has 22 heavy (non-hydrogen) atoms. The van der Waals surface area contributed by atoms with Crippen LogP contribution in [0, 0.1) is 0 Å². The van der Waals surface area contributed by atoms with Crippen molar-refractivity contribution in [2.45, 2.75) is 19.3 Å². The number of rotatable bonds is 6. The van der Waals surface area contributed by atoms with Crippen LogP contribution in [0.2, 0.25) is 0 Å². The second-order valence-corrected chi connectivity index (χ2v) is 5.19. The van der Waals surface area contributed by atoms with E-state index in [-0.39, 0.29) is 5.91 Å². The molecule has 5 heteroatoms. The minimum Gasteiger partial charge on any atom is -0.351 e. The van der Waals surface area contributed by atoms with Gasteiger partial charge in [0.2, 0.25) is 0 Å². The fourth-order valence-corrected chi connectivity index (χ4v) is 2.43. The molecule has 0 bridgehead atoms. The molecule has 0 aliphatic rings. The molecule has 0 spiro atoms. The van der Waals surface area contributed by atoms with Crippen molar-refractivity contribution < 1.29 is 4.79 Å². The zero-order valence-corrected chi connectivity index (χ0v) is 12.2. The van der Waals surface area contributed by atoms with Crippen LogP contribution in [0.1, 0.15) is 28.9 Å². The van der Waals surface area contributed by atoms with E-state index in [2.05, 4.69) is 20.5 Å². The van der Waals surface area contributed by atoms with Gasteiger partial charge in [-0.15, -0.1) is 0 Å². The van der Waals surface area contributed by atoms with Crippen molar-refractivity contribution in [2.75, 3.05) is 6.54 Å². The molecule has 0 unspecified atom stereocenters. The van der Waals surface area contributed by atoms with Gasteiger partial charge in [0.25, 0.3) is 5.91 Å². The van der Waals surface area contributed by atoms with Crippen LogP contribution in [-0.4, -0.2) is 27.6 Å². The highest BCUT2D eigenvalue weighted by Gasteiger charge is 2.12. The number of pyridine rings is 1. The standard InChI is InChI=1S/C17H18N4O/c22-17(16-14-6-1-2-7-15(14)20-21-16)19-10-4-3-5-13-8-11-18-12-9-13/h1-2,6-9,11-12H,3-5,10H2,(H,19,22)(H,20,21). The van der Waals surface area contributed by atoms with Gasteiger partial charge in [0, 0.05) is 24.3 Å². The van der Waals surface area contributed by atoms with Crippen LogP contribution in [0.3, 0.4) is 0 Å². The first-order valence-electron chi connectivity index (χ1n) is 7.45. The lowest BCUT2D eigenvalue weighted by Crippen LogP contribution is -2.25. The third-order valence-electron chi connectivity index (χ3n) is 3.61. The van der Waals surface area contributed by atoms with Crippen molar-refractivity contribution in [1.82, 2.24) is 20.5 Å². The van der Waals surface area contributed by atoms with Gasteiger partial charge in [-0.3, -0.25) is 14.9 Å². The summed E-state index contributed by atoms with van der Waals surface area (Å²) in [6, 6.07) is 11.7. The van der Waals surface area contributed by atoms with Crippen molar-refractivity contribution in [3.63, 3.8) is 0 Å². The molecule has 0 atom stereocenters. The Morgan fingerprint density at radius 2 is 1.91 bits per heavy atom. The number of aryl methyl sites for hydroxylation is 1. The summed E-state index contributed by atoms with van der Waals surface area (Å²) < 4.78 is 0. The van der Waals surface area contributed by atoms with Gasteiger partial charge in [-0.05, 0) is 43.0 Å². The van der Waals surface area contributed by atoms with E-state index >= 15 is 0 Å². The van der Waals surface area contributed by atoms with Crippen LogP contribution < -0.4 is 5.32 Å². The number of unbranched alkanes of at least 4 members (excludes halogenated alkanes) is 1. The van der Waals surface area contributed by atoms with E-state index in [1.54, 1.807) is 12.4 Å². The number of benzene rings is 1. The molecular formula is C17H18N4O. The van der Waals surface area contributed by atoms with Crippen molar-refractivity contribution >= 4 is 16.8 Å². The monoisotopic (exact) mass is 294 g/mol. The normalized spacial score (nSPS) is 10.7. The second-order valence-electron chi connectivity index (χ2n) is 5.19. The quantitative estimate of drug-likeness (QED) is 0.687. The summed E-state index contributed by atoms with van der Waals surface area (Å²) in [6.45, 7) is 0.658. The fourth-order valence-electron chi connectivity index (χ4n) is 2.43. The van der Waals surface area contributed by atoms with Crippen molar-refractivity contribution in [2.24, 2.45) is 0 Å². The third kappa shape index (κ3) is 3.31. The Labute approximate surface area is 128 Å². The Morgan fingerprint density at radius 1 is 1.09 bits per heavy atom. The molecule has 2 heterocycles. The maximum absolute atomic E-state index is 12.2. The number of carbonyl (C=O) groups excluding carboxylic acids is 1. The van der Waals surface area contributed by atoms with E-state index in [1.807, 2.05) is 36.4 Å². The number of nitrogens with one attached hydrogen (secondary N) is 2. The molecule has 1 aromatic carbocycles.